The Balaban J connectivity index is 0.000000236. The first kappa shape index (κ1) is 9.24. The van der Waals surface area contributed by atoms with Crippen LogP contribution < -0.4 is 0 Å². The van der Waals surface area contributed by atoms with Crippen molar-refractivity contribution >= 4 is 17.6 Å². The van der Waals surface area contributed by atoms with Gasteiger partial charge in [0.15, 0.2) is 0 Å². The van der Waals surface area contributed by atoms with Crippen LogP contribution in [0.2, 0.25) is 0 Å². The van der Waals surface area contributed by atoms with Gasteiger partial charge in [0.05, 0.1) is 0 Å². The maximum atomic E-state index is 9.91. The molecule has 10 heavy (non-hydrogen) atoms. The Hall–Kier alpha value is -0.760. The van der Waals surface area contributed by atoms with E-state index >= 15 is 0 Å². The zero-order chi connectivity index (χ0) is 7.98. The molecular weight excluding hydrogens is 152 g/mol. The normalized spacial score (nSPS) is 13.5. The zero-order valence-electron chi connectivity index (χ0n) is 5.51. The van der Waals surface area contributed by atoms with Gasteiger partial charge in [0, 0.05) is 5.57 Å². The van der Waals surface area contributed by atoms with Gasteiger partial charge in [-0.3, -0.25) is 0 Å². The molecule has 0 aromatic heterocycles. The smallest absolute Gasteiger partial charge is 0.331 e. The topological polar surface area (TPSA) is 37.3 Å². The number of halogens is 1. The Kier molecular flexibility index (Phi) is 4.67. The van der Waals surface area contributed by atoms with E-state index in [0.29, 0.717) is 5.57 Å². The van der Waals surface area contributed by atoms with Crippen LogP contribution in [0.25, 0.3) is 0 Å². The Labute approximate surface area is 64.8 Å². The molecule has 0 aliphatic heterocycles. The Morgan fingerprint density at radius 1 is 1.90 bits per heavy atom. The van der Waals surface area contributed by atoms with E-state index in [1.165, 1.54) is 5.54 Å². The van der Waals surface area contributed by atoms with Crippen LogP contribution in [0.5, 0.6) is 0 Å². The van der Waals surface area contributed by atoms with Crippen LogP contribution in [0.1, 0.15) is 12.8 Å². The van der Waals surface area contributed by atoms with Crippen molar-refractivity contribution in [3.8, 4) is 0 Å². The maximum Gasteiger partial charge on any atom is 0.331 e. The van der Waals surface area contributed by atoms with E-state index in [-0.39, 0.29) is 0 Å². The summed E-state index contributed by atoms with van der Waals surface area (Å²) in [6.45, 7) is 3.13. The molecule has 0 aromatic carbocycles. The number of hydrogen-bond acceptors (Lipinski definition) is 1. The van der Waals surface area contributed by atoms with Crippen molar-refractivity contribution in [2.24, 2.45) is 0 Å². The number of carboxylic acids is 1. The van der Waals surface area contributed by atoms with E-state index in [1.807, 2.05) is 0 Å². The van der Waals surface area contributed by atoms with Crippen molar-refractivity contribution in [2.75, 3.05) is 0 Å². The van der Waals surface area contributed by atoms with Crippen LogP contribution >= 0.6 is 11.6 Å². The van der Waals surface area contributed by atoms with E-state index in [4.69, 9.17) is 16.7 Å². The van der Waals surface area contributed by atoms with Crippen LogP contribution in [0, 0.1) is 0 Å². The minimum atomic E-state index is -0.758. The highest BCUT2D eigenvalue weighted by molar-refractivity contribution is 6.25. The van der Waals surface area contributed by atoms with Gasteiger partial charge in [-0.1, -0.05) is 24.3 Å². The van der Waals surface area contributed by atoms with Crippen molar-refractivity contribution in [3.05, 3.63) is 23.8 Å². The van der Waals surface area contributed by atoms with Gasteiger partial charge in [-0.15, -0.1) is 0 Å². The second-order valence-corrected chi connectivity index (χ2v) is 2.04. The van der Waals surface area contributed by atoms with Gasteiger partial charge in [0.25, 0.3) is 0 Å². The monoisotopic (exact) mass is 160 g/mol. The van der Waals surface area contributed by atoms with Crippen molar-refractivity contribution in [1.29, 1.82) is 0 Å². The van der Waals surface area contributed by atoms with Gasteiger partial charge in [-0.05, 0) is 18.4 Å². The molecule has 56 valence electrons. The van der Waals surface area contributed by atoms with Crippen LogP contribution in [-0.4, -0.2) is 11.1 Å². The summed E-state index contributed by atoms with van der Waals surface area (Å²) in [5, 5.41) is 8.16. The van der Waals surface area contributed by atoms with E-state index in [9.17, 15) is 4.79 Å². The second-order valence-electron chi connectivity index (χ2n) is 1.73. The quantitative estimate of drug-likeness (QED) is 0.638. The summed E-state index contributed by atoms with van der Waals surface area (Å²) in [5.74, 6) is -0.758. The zero-order valence-corrected chi connectivity index (χ0v) is 6.27. The largest absolute Gasteiger partial charge is 0.478 e. The molecule has 0 aromatic rings. The van der Waals surface area contributed by atoms with Gasteiger partial charge in [-0.2, -0.15) is 0 Å². The molecule has 0 saturated carbocycles. The summed E-state index contributed by atoms with van der Waals surface area (Å²) in [7, 11) is 0. The molecule has 0 unspecified atom stereocenters. The first-order valence-electron chi connectivity index (χ1n) is 2.85. The highest BCUT2D eigenvalue weighted by Gasteiger charge is 2.11. The molecule has 1 N–H and O–H groups in total. The highest BCUT2D eigenvalue weighted by atomic mass is 35.5. The highest BCUT2D eigenvalue weighted by Crippen LogP contribution is 2.16. The summed E-state index contributed by atoms with van der Waals surface area (Å²) in [4.78, 5) is 9.91. The first-order valence-corrected chi connectivity index (χ1v) is 3.29. The Bertz CT molecular complexity index is 161. The van der Waals surface area contributed by atoms with Crippen LogP contribution in [0.3, 0.4) is 0 Å². The molecule has 0 heterocycles. The Morgan fingerprint density at radius 2 is 2.30 bits per heavy atom. The molecule has 0 saturated heterocycles. The van der Waals surface area contributed by atoms with Crippen molar-refractivity contribution in [1.82, 2.24) is 0 Å². The lowest BCUT2D eigenvalue weighted by molar-refractivity contribution is -0.133. The number of carbonyl (C=O) groups is 1. The summed E-state index contributed by atoms with van der Waals surface area (Å²) in [6, 6.07) is 0. The fraction of sp³-hybridized carbons (Fsp3) is 0.286. The molecule has 3 heteroatoms. The maximum absolute atomic E-state index is 9.91. The van der Waals surface area contributed by atoms with E-state index in [1.54, 1.807) is 6.08 Å². The predicted octanol–water partition coefficient (Wildman–Crippen LogP) is 2.16. The predicted molar refractivity (Wildman–Crippen MR) is 41.0 cm³/mol. The van der Waals surface area contributed by atoms with Crippen LogP contribution in [0.15, 0.2) is 23.8 Å². The van der Waals surface area contributed by atoms with Crippen molar-refractivity contribution in [2.45, 2.75) is 12.8 Å². The fourth-order valence-electron chi connectivity index (χ4n) is 0.483. The number of allylic oxidation sites excluding steroid dienone is 1. The summed E-state index contributed by atoms with van der Waals surface area (Å²) >= 11 is 4.76. The van der Waals surface area contributed by atoms with Gasteiger partial charge < -0.3 is 5.11 Å². The van der Waals surface area contributed by atoms with Gasteiger partial charge in [0.1, 0.15) is 0 Å². The van der Waals surface area contributed by atoms with E-state index in [0.717, 1.165) is 12.8 Å². The lowest BCUT2D eigenvalue weighted by atomic mass is 10.00. The average molecular weight is 161 g/mol. The SMILES string of the molecule is C=CCl.O=C(O)C1=CCC1. The summed E-state index contributed by atoms with van der Waals surface area (Å²) < 4.78 is 0. The minimum Gasteiger partial charge on any atom is -0.478 e. The molecule has 0 spiro atoms. The lowest BCUT2D eigenvalue weighted by Crippen LogP contribution is -2.05. The lowest BCUT2D eigenvalue weighted by Gasteiger charge is -2.06. The average Bonchev–Trinajstić information content (AvgIpc) is 1.59. The molecule has 1 aliphatic rings. The van der Waals surface area contributed by atoms with Crippen LogP contribution in [0.4, 0.5) is 0 Å². The van der Waals surface area contributed by atoms with Gasteiger partial charge in [0.2, 0.25) is 0 Å². The van der Waals surface area contributed by atoms with Crippen molar-refractivity contribution < 1.29 is 9.90 Å². The first-order chi connectivity index (χ1) is 4.72. The minimum absolute atomic E-state index is 0.569. The third kappa shape index (κ3) is 3.30. The third-order valence-corrected chi connectivity index (χ3v) is 1.08. The molecule has 0 fully saturated rings. The molecule has 1 rings (SSSR count). The van der Waals surface area contributed by atoms with E-state index < -0.39 is 5.97 Å². The van der Waals surface area contributed by atoms with Crippen molar-refractivity contribution in [3.63, 3.8) is 0 Å². The fourth-order valence-corrected chi connectivity index (χ4v) is 0.483. The molecule has 0 amide bonds. The number of hydrogen-bond donors (Lipinski definition) is 1. The molecule has 2 nitrogen and oxygen atoms in total. The number of aliphatic carboxylic acids is 1. The number of rotatable bonds is 1. The molecule has 0 atom stereocenters. The molecular formula is C7H9ClO2. The molecule has 0 bridgehead atoms. The standard InChI is InChI=1S/C5H6O2.C2H3Cl/c6-5(7)4-2-1-3-4;1-2-3/h2H,1,3H2,(H,6,7);2H,1H2. The van der Waals surface area contributed by atoms with E-state index in [2.05, 4.69) is 6.58 Å². The molecule has 1 aliphatic carbocycles. The number of carboxylic acid groups (broad SMARTS) is 1. The second kappa shape index (κ2) is 5.06. The molecule has 0 radical (unpaired) electrons. The van der Waals surface area contributed by atoms with Gasteiger partial charge in [-0.25, -0.2) is 4.79 Å². The summed E-state index contributed by atoms with van der Waals surface area (Å²) in [6.07, 6.45) is 3.44. The third-order valence-electron chi connectivity index (χ3n) is 1.08. The van der Waals surface area contributed by atoms with Gasteiger partial charge >= 0.3 is 5.97 Å². The van der Waals surface area contributed by atoms with Crippen LogP contribution in [-0.2, 0) is 4.79 Å². The summed E-state index contributed by atoms with van der Waals surface area (Å²) in [5.41, 5.74) is 1.79. The Morgan fingerprint density at radius 3 is 2.30 bits per heavy atom.